The second-order valence-electron chi connectivity index (χ2n) is 9.84. The summed E-state index contributed by atoms with van der Waals surface area (Å²) in [6.07, 6.45) is 0.470. The Bertz CT molecular complexity index is 947. The number of anilines is 2. The highest BCUT2D eigenvalue weighted by molar-refractivity contribution is 7.53. The first kappa shape index (κ1) is 27.0. The van der Waals surface area contributed by atoms with E-state index in [0.717, 1.165) is 0 Å². The molecule has 0 bridgehead atoms. The van der Waals surface area contributed by atoms with Crippen molar-refractivity contribution < 1.29 is 32.7 Å². The fourth-order valence-electron chi connectivity index (χ4n) is 2.83. The van der Waals surface area contributed by atoms with Gasteiger partial charge in [0.05, 0.1) is 17.0 Å². The molecule has 186 valence electrons. The Morgan fingerprint density at radius 1 is 0.939 bits per heavy atom. The van der Waals surface area contributed by atoms with Crippen LogP contribution in [-0.4, -0.2) is 51.3 Å². The summed E-state index contributed by atoms with van der Waals surface area (Å²) >= 11 is 0. The molecule has 0 amide bonds. The van der Waals surface area contributed by atoms with Crippen LogP contribution >= 0.6 is 7.60 Å². The molecule has 2 rings (SSSR count). The number of nitrogens with zero attached hydrogens (tertiary/aromatic N) is 1. The fourth-order valence-corrected chi connectivity index (χ4v) is 4.07. The van der Waals surface area contributed by atoms with Crippen molar-refractivity contribution in [2.75, 3.05) is 49.6 Å². The molecule has 1 aromatic rings. The minimum Gasteiger partial charge on any atom is -0.438 e. The van der Waals surface area contributed by atoms with Crippen LogP contribution in [0.2, 0.25) is 0 Å². The predicted octanol–water partition coefficient (Wildman–Crippen LogP) is 2.22. The molecule has 1 N–H and O–H groups in total. The first-order valence-corrected chi connectivity index (χ1v) is 12.4. The van der Waals surface area contributed by atoms with Crippen molar-refractivity contribution >= 4 is 30.9 Å². The number of esters is 2. The molecule has 0 spiro atoms. The summed E-state index contributed by atoms with van der Waals surface area (Å²) in [6.45, 7) is 9.80. The van der Waals surface area contributed by atoms with Gasteiger partial charge in [-0.25, -0.2) is 0 Å². The molecule has 33 heavy (non-hydrogen) atoms. The number of fused-ring (bicyclic) bond motifs is 1. The van der Waals surface area contributed by atoms with Crippen LogP contribution in [0.5, 0.6) is 0 Å². The van der Waals surface area contributed by atoms with Crippen LogP contribution in [0.4, 0.5) is 11.4 Å². The van der Waals surface area contributed by atoms with Crippen molar-refractivity contribution in [3.8, 4) is 0 Å². The molecule has 0 saturated carbocycles. The zero-order chi connectivity index (χ0) is 25.0. The van der Waals surface area contributed by atoms with Gasteiger partial charge in [0.25, 0.3) is 10.9 Å². The number of rotatable bonds is 9. The minimum atomic E-state index is -3.91. The highest BCUT2D eigenvalue weighted by Crippen LogP contribution is 2.48. The molecule has 1 aromatic carbocycles. The lowest BCUT2D eigenvalue weighted by molar-refractivity contribution is -0.162. The molecule has 1 heterocycles. The third-order valence-electron chi connectivity index (χ3n) is 4.86. The molecule has 0 fully saturated rings. The van der Waals surface area contributed by atoms with Crippen LogP contribution in [0, 0.1) is 10.8 Å². The standard InChI is InChI=1S/C21H33N2O9P/c1-20(2,3)18(26)29-12-31-33(28,32-13-30-19(27)21(4,5)6)11-10-23-9-7-8-22-14-15(23)17(25)16(14)24/h22H,7-13H2,1-6H3. The third-order valence-corrected chi connectivity index (χ3v) is 6.60. The van der Waals surface area contributed by atoms with Crippen LogP contribution in [-0.2, 0) is 32.7 Å². The molecule has 0 aromatic heterocycles. The van der Waals surface area contributed by atoms with E-state index in [4.69, 9.17) is 18.5 Å². The molecule has 0 radical (unpaired) electrons. The van der Waals surface area contributed by atoms with Gasteiger partial charge in [0.2, 0.25) is 13.6 Å². The van der Waals surface area contributed by atoms with Crippen LogP contribution in [0.25, 0.3) is 0 Å². The van der Waals surface area contributed by atoms with E-state index in [1.807, 2.05) is 0 Å². The summed E-state index contributed by atoms with van der Waals surface area (Å²) in [7, 11) is -3.91. The van der Waals surface area contributed by atoms with E-state index >= 15 is 0 Å². The summed E-state index contributed by atoms with van der Waals surface area (Å²) in [5, 5.41) is 2.93. The van der Waals surface area contributed by atoms with E-state index < -0.39 is 54.8 Å². The molecule has 0 unspecified atom stereocenters. The van der Waals surface area contributed by atoms with Gasteiger partial charge < -0.3 is 19.7 Å². The fraction of sp³-hybridized carbons (Fsp3) is 0.714. The summed E-state index contributed by atoms with van der Waals surface area (Å²) in [4.78, 5) is 49.4. The number of nitrogens with one attached hydrogen (secondary N) is 1. The molecule has 12 heteroatoms. The van der Waals surface area contributed by atoms with Gasteiger partial charge in [-0.15, -0.1) is 0 Å². The SMILES string of the molecule is CC(C)(C)C(=O)OCOP(=O)(CCN1CCCNc2c1c(=O)c2=O)OCOC(=O)C(C)(C)C. The third kappa shape index (κ3) is 7.12. The van der Waals surface area contributed by atoms with Gasteiger partial charge in [-0.3, -0.25) is 32.8 Å². The lowest BCUT2D eigenvalue weighted by atomic mass is 9.98. The topological polar surface area (TPSA) is 138 Å². The quantitative estimate of drug-likeness (QED) is 0.237. The van der Waals surface area contributed by atoms with Crippen molar-refractivity contribution in [2.45, 2.75) is 48.0 Å². The first-order valence-electron chi connectivity index (χ1n) is 10.7. The molecule has 0 aliphatic carbocycles. The second kappa shape index (κ2) is 10.4. The number of hydrogen-bond donors (Lipinski definition) is 1. The predicted molar refractivity (Wildman–Crippen MR) is 122 cm³/mol. The average Bonchev–Trinajstić information content (AvgIpc) is 2.90. The minimum absolute atomic E-state index is 0.0806. The average molecular weight is 488 g/mol. The van der Waals surface area contributed by atoms with E-state index in [9.17, 15) is 23.7 Å². The lowest BCUT2D eigenvalue weighted by Gasteiger charge is -2.27. The molecule has 1 aliphatic rings. The Balaban J connectivity index is 2.06. The van der Waals surface area contributed by atoms with Crippen molar-refractivity contribution in [3.05, 3.63) is 20.4 Å². The van der Waals surface area contributed by atoms with Crippen LogP contribution < -0.4 is 21.1 Å². The number of hydrogen-bond acceptors (Lipinski definition) is 11. The Kier molecular flexibility index (Phi) is 8.48. The molecular weight excluding hydrogens is 455 g/mol. The zero-order valence-electron chi connectivity index (χ0n) is 20.0. The van der Waals surface area contributed by atoms with Gasteiger partial charge in [-0.2, -0.15) is 0 Å². The van der Waals surface area contributed by atoms with Crippen molar-refractivity contribution in [1.82, 2.24) is 0 Å². The Labute approximate surface area is 192 Å². The van der Waals surface area contributed by atoms with Gasteiger partial charge in [0, 0.05) is 19.6 Å². The monoisotopic (exact) mass is 488 g/mol. The Morgan fingerprint density at radius 2 is 1.45 bits per heavy atom. The maximum atomic E-state index is 13.3. The van der Waals surface area contributed by atoms with Crippen molar-refractivity contribution in [2.24, 2.45) is 10.8 Å². The lowest BCUT2D eigenvalue weighted by Crippen LogP contribution is -2.42. The summed E-state index contributed by atoms with van der Waals surface area (Å²) in [5.41, 5.74) is -2.23. The number of carbonyl (C=O) groups is 2. The maximum Gasteiger partial charge on any atom is 0.338 e. The summed E-state index contributed by atoms with van der Waals surface area (Å²) in [5.74, 6) is -1.11. The van der Waals surface area contributed by atoms with E-state index in [1.54, 1.807) is 46.4 Å². The molecule has 11 nitrogen and oxygen atoms in total. The van der Waals surface area contributed by atoms with Gasteiger partial charge in [-0.05, 0) is 48.0 Å². The highest BCUT2D eigenvalue weighted by Gasteiger charge is 2.33. The number of ether oxygens (including phenoxy) is 2. The van der Waals surface area contributed by atoms with Gasteiger partial charge in [-0.1, -0.05) is 0 Å². The smallest absolute Gasteiger partial charge is 0.338 e. The van der Waals surface area contributed by atoms with E-state index in [0.29, 0.717) is 19.5 Å². The zero-order valence-corrected chi connectivity index (χ0v) is 20.9. The van der Waals surface area contributed by atoms with Gasteiger partial charge in [0.1, 0.15) is 11.4 Å². The molecule has 0 saturated heterocycles. The van der Waals surface area contributed by atoms with Crippen LogP contribution in [0.1, 0.15) is 48.0 Å². The molecule has 0 atom stereocenters. The first-order chi connectivity index (χ1) is 15.2. The highest BCUT2D eigenvalue weighted by atomic mass is 31.2. The second-order valence-corrected chi connectivity index (χ2v) is 12.0. The Hall–Kier alpha value is -2.23. The summed E-state index contributed by atoms with van der Waals surface area (Å²) in [6, 6.07) is 0. The summed E-state index contributed by atoms with van der Waals surface area (Å²) < 4.78 is 34.0. The van der Waals surface area contributed by atoms with Crippen LogP contribution in [0.15, 0.2) is 9.59 Å². The molecule has 1 aliphatic heterocycles. The van der Waals surface area contributed by atoms with E-state index in [-0.39, 0.29) is 24.1 Å². The maximum absolute atomic E-state index is 13.3. The Morgan fingerprint density at radius 3 is 1.94 bits per heavy atom. The largest absolute Gasteiger partial charge is 0.438 e. The molecular formula is C21H33N2O9P. The van der Waals surface area contributed by atoms with Gasteiger partial charge in [0.15, 0.2) is 0 Å². The van der Waals surface area contributed by atoms with E-state index in [2.05, 4.69) is 5.32 Å². The van der Waals surface area contributed by atoms with E-state index in [1.165, 1.54) is 0 Å². The number of carbonyl (C=O) groups excluding carboxylic acids is 2. The van der Waals surface area contributed by atoms with Crippen LogP contribution in [0.3, 0.4) is 0 Å². The normalized spacial score (nSPS) is 14.9. The van der Waals surface area contributed by atoms with Crippen molar-refractivity contribution in [1.29, 1.82) is 0 Å². The van der Waals surface area contributed by atoms with Gasteiger partial charge >= 0.3 is 19.5 Å². The van der Waals surface area contributed by atoms with Crippen molar-refractivity contribution in [3.63, 3.8) is 0 Å².